The molecule has 0 amide bonds. The van der Waals surface area contributed by atoms with E-state index in [1.807, 2.05) is 11.3 Å². The highest BCUT2D eigenvalue weighted by molar-refractivity contribution is 7.09. The molecule has 2 nitrogen and oxygen atoms in total. The van der Waals surface area contributed by atoms with Crippen molar-refractivity contribution in [2.24, 2.45) is 5.92 Å². The molecule has 0 aliphatic heterocycles. The molecule has 0 bridgehead atoms. The maximum Gasteiger partial charge on any atom is 0.0943 e. The normalized spacial score (nSPS) is 18.9. The molecular weight excluding hydrogens is 264 g/mol. The zero-order chi connectivity index (χ0) is 14.2. The molecule has 1 unspecified atom stereocenters. The third-order valence-corrected chi connectivity index (χ3v) is 5.35. The van der Waals surface area contributed by atoms with E-state index in [9.17, 15) is 0 Å². The smallest absolute Gasteiger partial charge is 0.0943 e. The topological polar surface area (TPSA) is 24.9 Å². The van der Waals surface area contributed by atoms with Gasteiger partial charge in [-0.15, -0.1) is 11.3 Å². The van der Waals surface area contributed by atoms with Crippen LogP contribution in [0, 0.1) is 12.8 Å². The van der Waals surface area contributed by atoms with Crippen LogP contribution in [0.4, 0.5) is 0 Å². The molecule has 0 spiro atoms. The van der Waals surface area contributed by atoms with Gasteiger partial charge in [0.1, 0.15) is 0 Å². The maximum atomic E-state index is 4.65. The number of nitrogens with one attached hydrogen (secondary N) is 1. The minimum absolute atomic E-state index is 0.628. The van der Waals surface area contributed by atoms with E-state index < -0.39 is 0 Å². The third-order valence-electron chi connectivity index (χ3n) is 4.36. The molecule has 1 atom stereocenters. The zero-order valence-electron chi connectivity index (χ0n) is 13.2. The molecule has 1 heterocycles. The summed E-state index contributed by atoms with van der Waals surface area (Å²) in [4.78, 5) is 4.65. The molecule has 1 aromatic rings. The highest BCUT2D eigenvalue weighted by atomic mass is 32.1. The molecule has 1 aliphatic carbocycles. The van der Waals surface area contributed by atoms with Crippen LogP contribution in [0.2, 0.25) is 0 Å². The summed E-state index contributed by atoms with van der Waals surface area (Å²) in [6.07, 6.45) is 12.4. The van der Waals surface area contributed by atoms with E-state index >= 15 is 0 Å². The first-order chi connectivity index (χ1) is 9.78. The number of hydrogen-bond donors (Lipinski definition) is 1. The average molecular weight is 295 g/mol. The lowest BCUT2D eigenvalue weighted by molar-refractivity contribution is 0.349. The van der Waals surface area contributed by atoms with Crippen molar-refractivity contribution in [2.45, 2.75) is 77.7 Å². The van der Waals surface area contributed by atoms with Gasteiger partial charge in [-0.05, 0) is 32.2 Å². The van der Waals surface area contributed by atoms with Gasteiger partial charge < -0.3 is 5.32 Å². The summed E-state index contributed by atoms with van der Waals surface area (Å²) >= 11 is 1.83. The van der Waals surface area contributed by atoms with Gasteiger partial charge in [0, 0.05) is 23.5 Å². The fourth-order valence-electron chi connectivity index (χ4n) is 3.30. The molecule has 1 aliphatic rings. The van der Waals surface area contributed by atoms with E-state index in [0.717, 1.165) is 18.9 Å². The predicted molar refractivity (Wildman–Crippen MR) is 88.4 cm³/mol. The van der Waals surface area contributed by atoms with Crippen LogP contribution in [0.5, 0.6) is 0 Å². The molecule has 2 rings (SSSR count). The first-order valence-electron chi connectivity index (χ1n) is 8.42. The first kappa shape index (κ1) is 16.0. The monoisotopic (exact) mass is 294 g/mol. The largest absolute Gasteiger partial charge is 0.314 e. The Morgan fingerprint density at radius 3 is 2.65 bits per heavy atom. The van der Waals surface area contributed by atoms with Gasteiger partial charge in [0.05, 0.1) is 5.01 Å². The standard InChI is InChI=1S/C17H30N2S/c1-3-10-18-16(12-17-19-14(2)13-20-17)11-15-8-6-4-5-7-9-15/h13,15-16,18H,3-12H2,1-2H3. The minimum Gasteiger partial charge on any atom is -0.314 e. The van der Waals surface area contributed by atoms with Gasteiger partial charge in [0.2, 0.25) is 0 Å². The van der Waals surface area contributed by atoms with Crippen LogP contribution in [0.3, 0.4) is 0 Å². The summed E-state index contributed by atoms with van der Waals surface area (Å²) in [5.41, 5.74) is 1.17. The van der Waals surface area contributed by atoms with E-state index in [-0.39, 0.29) is 0 Å². The van der Waals surface area contributed by atoms with Crippen molar-refractivity contribution in [3.8, 4) is 0 Å². The van der Waals surface area contributed by atoms with E-state index in [1.165, 1.54) is 62.1 Å². The van der Waals surface area contributed by atoms with Gasteiger partial charge in [-0.3, -0.25) is 0 Å². The molecule has 1 fully saturated rings. The molecule has 1 N–H and O–H groups in total. The van der Waals surface area contributed by atoms with Gasteiger partial charge in [-0.25, -0.2) is 4.98 Å². The van der Waals surface area contributed by atoms with Gasteiger partial charge in [-0.2, -0.15) is 0 Å². The van der Waals surface area contributed by atoms with Crippen LogP contribution in [-0.2, 0) is 6.42 Å². The number of nitrogens with zero attached hydrogens (tertiary/aromatic N) is 1. The van der Waals surface area contributed by atoms with Gasteiger partial charge in [0.25, 0.3) is 0 Å². The third kappa shape index (κ3) is 5.53. The lowest BCUT2D eigenvalue weighted by Crippen LogP contribution is -2.33. The van der Waals surface area contributed by atoms with Crippen LogP contribution in [0.15, 0.2) is 5.38 Å². The Hall–Kier alpha value is -0.410. The Bertz CT molecular complexity index is 367. The van der Waals surface area contributed by atoms with E-state index in [1.54, 1.807) is 0 Å². The van der Waals surface area contributed by atoms with Crippen molar-refractivity contribution in [1.29, 1.82) is 0 Å². The van der Waals surface area contributed by atoms with Crippen LogP contribution in [0.1, 0.15) is 69.0 Å². The first-order valence-corrected chi connectivity index (χ1v) is 9.30. The Kier molecular flexibility index (Phi) is 7.01. The van der Waals surface area contributed by atoms with Crippen LogP contribution >= 0.6 is 11.3 Å². The molecule has 0 aromatic carbocycles. The second kappa shape index (κ2) is 8.78. The summed E-state index contributed by atoms with van der Waals surface area (Å²) in [6, 6.07) is 0.628. The highest BCUT2D eigenvalue weighted by Gasteiger charge is 2.19. The highest BCUT2D eigenvalue weighted by Crippen LogP contribution is 2.27. The molecule has 114 valence electrons. The van der Waals surface area contributed by atoms with Crippen LogP contribution < -0.4 is 5.32 Å². The zero-order valence-corrected chi connectivity index (χ0v) is 14.0. The summed E-state index contributed by atoms with van der Waals surface area (Å²) in [5.74, 6) is 0.938. The number of aryl methyl sites for hydroxylation is 1. The van der Waals surface area contributed by atoms with Crippen molar-refractivity contribution in [3.05, 3.63) is 16.1 Å². The Balaban J connectivity index is 1.88. The quantitative estimate of drug-likeness (QED) is 0.736. The maximum absolute atomic E-state index is 4.65. The summed E-state index contributed by atoms with van der Waals surface area (Å²) < 4.78 is 0. The van der Waals surface area contributed by atoms with E-state index in [2.05, 4.69) is 29.5 Å². The number of hydrogen-bond acceptors (Lipinski definition) is 3. The van der Waals surface area contributed by atoms with Crippen LogP contribution in [-0.4, -0.2) is 17.6 Å². The van der Waals surface area contributed by atoms with Crippen molar-refractivity contribution in [1.82, 2.24) is 10.3 Å². The number of thiazole rings is 1. The van der Waals surface area contributed by atoms with Crippen molar-refractivity contribution >= 4 is 11.3 Å². The molecule has 0 radical (unpaired) electrons. The van der Waals surface area contributed by atoms with Crippen molar-refractivity contribution in [3.63, 3.8) is 0 Å². The lowest BCUT2D eigenvalue weighted by Gasteiger charge is -2.23. The molecule has 3 heteroatoms. The minimum atomic E-state index is 0.628. The Morgan fingerprint density at radius 2 is 2.05 bits per heavy atom. The Morgan fingerprint density at radius 1 is 1.30 bits per heavy atom. The van der Waals surface area contributed by atoms with Crippen molar-refractivity contribution in [2.75, 3.05) is 6.54 Å². The van der Waals surface area contributed by atoms with Crippen LogP contribution in [0.25, 0.3) is 0 Å². The number of aromatic nitrogens is 1. The van der Waals surface area contributed by atoms with E-state index in [4.69, 9.17) is 0 Å². The second-order valence-corrected chi connectivity index (χ2v) is 7.27. The molecule has 20 heavy (non-hydrogen) atoms. The van der Waals surface area contributed by atoms with Crippen molar-refractivity contribution < 1.29 is 0 Å². The summed E-state index contributed by atoms with van der Waals surface area (Å²) in [7, 11) is 0. The van der Waals surface area contributed by atoms with Gasteiger partial charge >= 0.3 is 0 Å². The second-order valence-electron chi connectivity index (χ2n) is 6.33. The Labute approximate surface area is 128 Å². The summed E-state index contributed by atoms with van der Waals surface area (Å²) in [6.45, 7) is 5.49. The predicted octanol–water partition coefficient (Wildman–Crippen LogP) is 4.72. The lowest BCUT2D eigenvalue weighted by atomic mass is 9.91. The fraction of sp³-hybridized carbons (Fsp3) is 0.824. The molecule has 1 aromatic heterocycles. The average Bonchev–Trinajstić information content (AvgIpc) is 2.69. The molecular formula is C17H30N2S. The summed E-state index contributed by atoms with van der Waals surface area (Å²) in [5, 5.41) is 7.25. The van der Waals surface area contributed by atoms with Gasteiger partial charge in [0.15, 0.2) is 0 Å². The SMILES string of the molecule is CCCNC(Cc1nc(C)cs1)CC1CCCCCC1. The van der Waals surface area contributed by atoms with Gasteiger partial charge in [-0.1, -0.05) is 45.4 Å². The van der Waals surface area contributed by atoms with E-state index in [0.29, 0.717) is 6.04 Å². The molecule has 0 saturated heterocycles. The fourth-order valence-corrected chi connectivity index (χ4v) is 4.15. The number of rotatable bonds is 7. The molecule has 1 saturated carbocycles.